The smallest absolute Gasteiger partial charge is 0.337 e. The summed E-state index contributed by atoms with van der Waals surface area (Å²) < 4.78 is 8.42. The van der Waals surface area contributed by atoms with Crippen LogP contribution in [0.15, 0.2) is 24.3 Å². The number of ether oxygens (including phenoxy) is 2. The first-order valence-electron chi connectivity index (χ1n) is 7.18. The van der Waals surface area contributed by atoms with Gasteiger partial charge in [-0.25, -0.2) is 4.79 Å². The van der Waals surface area contributed by atoms with Gasteiger partial charge >= 0.3 is 11.9 Å². The van der Waals surface area contributed by atoms with E-state index in [2.05, 4.69) is 10.1 Å². The fraction of sp³-hybridized carbons (Fsp3) is 0.438. The van der Waals surface area contributed by atoms with E-state index in [0.717, 1.165) is 5.56 Å². The van der Waals surface area contributed by atoms with Crippen molar-refractivity contribution in [2.45, 2.75) is 24.2 Å². The van der Waals surface area contributed by atoms with E-state index in [1.807, 2.05) is 0 Å². The van der Waals surface area contributed by atoms with Gasteiger partial charge in [0.15, 0.2) is 6.61 Å². The van der Waals surface area contributed by atoms with Crippen LogP contribution in [0.3, 0.4) is 0 Å². The van der Waals surface area contributed by atoms with E-state index in [0.29, 0.717) is 12.0 Å². The lowest BCUT2D eigenvalue weighted by Gasteiger charge is -2.12. The molecule has 1 aromatic carbocycles. The first-order chi connectivity index (χ1) is 11.2. The van der Waals surface area contributed by atoms with Gasteiger partial charge in [-0.15, -0.1) is 23.2 Å². The summed E-state index contributed by atoms with van der Waals surface area (Å²) in [5, 5.41) is 2.61. The average Bonchev–Trinajstić information content (AvgIpc) is 3.09. The van der Waals surface area contributed by atoms with E-state index in [1.165, 1.54) is 7.11 Å². The molecule has 2 rings (SSSR count). The Bertz CT molecular complexity index is 659. The maximum absolute atomic E-state index is 11.8. The van der Waals surface area contributed by atoms with Crippen LogP contribution in [0.1, 0.15) is 29.3 Å². The molecule has 0 saturated heterocycles. The molecule has 0 bridgehead atoms. The number of hydrogen-bond donors (Lipinski definition) is 1. The lowest BCUT2D eigenvalue weighted by atomic mass is 10.1. The van der Waals surface area contributed by atoms with Gasteiger partial charge in [0.05, 0.1) is 12.7 Å². The zero-order valence-electron chi connectivity index (χ0n) is 13.2. The molecule has 1 amide bonds. The van der Waals surface area contributed by atoms with E-state index in [9.17, 15) is 14.4 Å². The average molecular weight is 374 g/mol. The number of benzene rings is 1. The zero-order valence-corrected chi connectivity index (χ0v) is 14.7. The summed E-state index contributed by atoms with van der Waals surface area (Å²) in [6.45, 7) is 1.43. The van der Waals surface area contributed by atoms with E-state index in [-0.39, 0.29) is 6.54 Å². The van der Waals surface area contributed by atoms with E-state index < -0.39 is 34.2 Å². The Labute approximate surface area is 149 Å². The van der Waals surface area contributed by atoms with E-state index in [1.54, 1.807) is 31.2 Å². The highest BCUT2D eigenvalue weighted by Gasteiger charge is 2.69. The molecular formula is C16H17Cl2NO5. The van der Waals surface area contributed by atoms with Gasteiger partial charge in [-0.1, -0.05) is 12.1 Å². The van der Waals surface area contributed by atoms with Gasteiger partial charge in [-0.05, 0) is 24.6 Å². The van der Waals surface area contributed by atoms with Gasteiger partial charge in [-0.3, -0.25) is 9.59 Å². The summed E-state index contributed by atoms with van der Waals surface area (Å²) in [5.74, 6) is -1.47. The van der Waals surface area contributed by atoms with Crippen molar-refractivity contribution in [2.75, 3.05) is 13.7 Å². The lowest BCUT2D eigenvalue weighted by Crippen LogP contribution is -2.31. The highest BCUT2D eigenvalue weighted by molar-refractivity contribution is 6.53. The fourth-order valence-electron chi connectivity index (χ4n) is 2.04. The number of esters is 2. The Morgan fingerprint density at radius 1 is 1.21 bits per heavy atom. The number of nitrogens with one attached hydrogen (secondary N) is 1. The quantitative estimate of drug-likeness (QED) is 0.610. The number of halogens is 2. The summed E-state index contributed by atoms with van der Waals surface area (Å²) in [4.78, 5) is 34.9. The zero-order chi connectivity index (χ0) is 18.0. The molecule has 6 nitrogen and oxygen atoms in total. The minimum atomic E-state index is -1.12. The third-order valence-corrected chi connectivity index (χ3v) is 5.01. The molecule has 0 heterocycles. The SMILES string of the molecule is COC(=O)c1ccc(CNC(=O)COC(=O)[C@]2(C)CC2(Cl)Cl)cc1. The molecule has 0 aromatic heterocycles. The minimum Gasteiger partial charge on any atom is -0.465 e. The van der Waals surface area contributed by atoms with Crippen LogP contribution in [0, 0.1) is 5.41 Å². The fourth-order valence-corrected chi connectivity index (χ4v) is 2.73. The largest absolute Gasteiger partial charge is 0.465 e. The van der Waals surface area contributed by atoms with Crippen LogP contribution in [0.4, 0.5) is 0 Å². The van der Waals surface area contributed by atoms with Crippen molar-refractivity contribution in [3.05, 3.63) is 35.4 Å². The number of methoxy groups -OCH3 is 1. The monoisotopic (exact) mass is 373 g/mol. The molecule has 8 heteroatoms. The normalized spacial score (nSPS) is 20.8. The van der Waals surface area contributed by atoms with Gasteiger partial charge in [0.25, 0.3) is 5.91 Å². The Balaban J connectivity index is 1.75. The third kappa shape index (κ3) is 3.99. The molecular weight excluding hydrogens is 357 g/mol. The van der Waals surface area contributed by atoms with Gasteiger partial charge in [0, 0.05) is 13.0 Å². The number of carbonyl (C=O) groups is 3. The summed E-state index contributed by atoms with van der Waals surface area (Å²) in [6.07, 6.45) is 0.302. The molecule has 1 aromatic rings. The first kappa shape index (κ1) is 18.5. The predicted molar refractivity (Wildman–Crippen MR) is 87.7 cm³/mol. The van der Waals surface area contributed by atoms with Crippen molar-refractivity contribution in [3.63, 3.8) is 0 Å². The van der Waals surface area contributed by atoms with Crippen molar-refractivity contribution < 1.29 is 23.9 Å². The summed E-state index contributed by atoms with van der Waals surface area (Å²) in [5.41, 5.74) is 0.252. The molecule has 130 valence electrons. The van der Waals surface area contributed by atoms with Crippen LogP contribution < -0.4 is 5.32 Å². The second kappa shape index (κ2) is 6.99. The topological polar surface area (TPSA) is 81.7 Å². The van der Waals surface area contributed by atoms with Crippen LogP contribution in [-0.4, -0.2) is 35.9 Å². The molecule has 0 aliphatic heterocycles. The Morgan fingerprint density at radius 2 is 1.79 bits per heavy atom. The number of hydrogen-bond acceptors (Lipinski definition) is 5. The van der Waals surface area contributed by atoms with Crippen LogP contribution >= 0.6 is 23.2 Å². The molecule has 0 radical (unpaired) electrons. The Hall–Kier alpha value is -1.79. The van der Waals surface area contributed by atoms with Crippen LogP contribution in [0.25, 0.3) is 0 Å². The summed E-state index contributed by atoms with van der Waals surface area (Å²) in [7, 11) is 1.30. The molecule has 1 aliphatic rings. The first-order valence-corrected chi connectivity index (χ1v) is 7.94. The number of carbonyl (C=O) groups excluding carboxylic acids is 3. The second-order valence-corrected chi connectivity index (χ2v) is 7.24. The van der Waals surface area contributed by atoms with Crippen LogP contribution in [-0.2, 0) is 25.6 Å². The van der Waals surface area contributed by atoms with Gasteiger partial charge in [-0.2, -0.15) is 0 Å². The maximum Gasteiger partial charge on any atom is 0.337 e. The molecule has 1 aliphatic carbocycles. The van der Waals surface area contributed by atoms with E-state index >= 15 is 0 Å². The number of amides is 1. The second-order valence-electron chi connectivity index (χ2n) is 5.75. The molecule has 1 saturated carbocycles. The lowest BCUT2D eigenvalue weighted by molar-refractivity contribution is -0.153. The highest BCUT2D eigenvalue weighted by atomic mass is 35.5. The van der Waals surface area contributed by atoms with Crippen molar-refractivity contribution in [1.29, 1.82) is 0 Å². The van der Waals surface area contributed by atoms with Crippen molar-refractivity contribution >= 4 is 41.0 Å². The molecule has 1 fully saturated rings. The maximum atomic E-state index is 11.8. The van der Waals surface area contributed by atoms with Crippen molar-refractivity contribution in [3.8, 4) is 0 Å². The number of rotatable bonds is 6. The Kier molecular flexibility index (Phi) is 5.40. The number of alkyl halides is 2. The third-order valence-electron chi connectivity index (χ3n) is 3.91. The summed E-state index contributed by atoms with van der Waals surface area (Å²) >= 11 is 11.8. The molecule has 1 atom stereocenters. The summed E-state index contributed by atoms with van der Waals surface area (Å²) in [6, 6.07) is 6.59. The van der Waals surface area contributed by atoms with Gasteiger partial charge in [0.1, 0.15) is 9.75 Å². The van der Waals surface area contributed by atoms with E-state index in [4.69, 9.17) is 27.9 Å². The van der Waals surface area contributed by atoms with Crippen LogP contribution in [0.2, 0.25) is 0 Å². The van der Waals surface area contributed by atoms with Gasteiger partial charge < -0.3 is 14.8 Å². The molecule has 0 unspecified atom stereocenters. The highest BCUT2D eigenvalue weighted by Crippen LogP contribution is 2.64. The minimum absolute atomic E-state index is 0.240. The molecule has 24 heavy (non-hydrogen) atoms. The molecule has 0 spiro atoms. The van der Waals surface area contributed by atoms with Gasteiger partial charge in [0.2, 0.25) is 0 Å². The predicted octanol–water partition coefficient (Wildman–Crippen LogP) is 2.22. The molecule has 1 N–H and O–H groups in total. The standard InChI is InChI=1S/C16H17Cl2NO5/c1-15(9-16(15,17)18)14(22)24-8-12(20)19-7-10-3-5-11(6-4-10)13(21)23-2/h3-6H,7-9H2,1-2H3,(H,19,20)/t15-/m0/s1. The Morgan fingerprint density at radius 3 is 2.29 bits per heavy atom. The van der Waals surface area contributed by atoms with Crippen molar-refractivity contribution in [2.24, 2.45) is 5.41 Å². The van der Waals surface area contributed by atoms with Crippen LogP contribution in [0.5, 0.6) is 0 Å². The van der Waals surface area contributed by atoms with Crippen molar-refractivity contribution in [1.82, 2.24) is 5.32 Å².